The van der Waals surface area contributed by atoms with E-state index >= 15 is 0 Å². The molecule has 0 bridgehead atoms. The van der Waals surface area contributed by atoms with Gasteiger partial charge in [-0.15, -0.1) is 0 Å². The van der Waals surface area contributed by atoms with Gasteiger partial charge in [0.2, 0.25) is 0 Å². The number of fused-ring (bicyclic) bond motifs is 3. The van der Waals surface area contributed by atoms with E-state index in [2.05, 4.69) is 20.4 Å². The van der Waals surface area contributed by atoms with Crippen molar-refractivity contribution in [2.75, 3.05) is 24.3 Å². The fourth-order valence-corrected chi connectivity index (χ4v) is 2.76. The van der Waals surface area contributed by atoms with Crippen molar-refractivity contribution < 1.29 is 9.90 Å². The first kappa shape index (κ1) is 15.8. The standard InChI is InChI=1S/C18H16N6O2/c1-23(2)12-5-3-4-11(8-12)20-17-13-6-7-19-10-15(13)24-16(21-17)9-14(22-24)18(25)26/h3-10H,1-2H3,(H,20,21)(H,25,26). The first-order valence-electron chi connectivity index (χ1n) is 7.94. The smallest absolute Gasteiger partial charge is 0.356 e. The summed E-state index contributed by atoms with van der Waals surface area (Å²) in [6, 6.07) is 11.2. The summed E-state index contributed by atoms with van der Waals surface area (Å²) in [5, 5.41) is 17.4. The second kappa shape index (κ2) is 5.99. The summed E-state index contributed by atoms with van der Waals surface area (Å²) >= 11 is 0. The molecule has 0 fully saturated rings. The Kier molecular flexibility index (Phi) is 3.65. The van der Waals surface area contributed by atoms with E-state index in [1.807, 2.05) is 49.3 Å². The highest BCUT2D eigenvalue weighted by atomic mass is 16.4. The molecule has 0 atom stereocenters. The minimum atomic E-state index is -1.10. The average Bonchev–Trinajstić information content (AvgIpc) is 3.07. The van der Waals surface area contributed by atoms with E-state index in [-0.39, 0.29) is 5.69 Å². The Bertz CT molecular complexity index is 1140. The molecular weight excluding hydrogens is 332 g/mol. The van der Waals surface area contributed by atoms with Crippen LogP contribution in [0.3, 0.4) is 0 Å². The second-order valence-electron chi connectivity index (χ2n) is 6.03. The van der Waals surface area contributed by atoms with Gasteiger partial charge < -0.3 is 15.3 Å². The lowest BCUT2D eigenvalue weighted by Gasteiger charge is -2.15. The van der Waals surface area contributed by atoms with Crippen LogP contribution in [0, 0.1) is 0 Å². The molecular formula is C18H16N6O2. The van der Waals surface area contributed by atoms with Crippen molar-refractivity contribution >= 4 is 39.7 Å². The predicted molar refractivity (Wildman–Crippen MR) is 99.3 cm³/mol. The number of hydrogen-bond acceptors (Lipinski definition) is 6. The molecule has 4 rings (SSSR count). The number of nitrogens with zero attached hydrogens (tertiary/aromatic N) is 5. The van der Waals surface area contributed by atoms with Crippen molar-refractivity contribution in [3.05, 3.63) is 54.5 Å². The molecule has 0 saturated heterocycles. The molecule has 8 heteroatoms. The molecule has 26 heavy (non-hydrogen) atoms. The third kappa shape index (κ3) is 2.67. The number of rotatable bonds is 4. The SMILES string of the molecule is CN(C)c1cccc(Nc2nc3cc(C(=O)O)nn3c3cnccc23)c1. The Labute approximate surface area is 148 Å². The van der Waals surface area contributed by atoms with Gasteiger partial charge in [-0.3, -0.25) is 4.98 Å². The number of anilines is 3. The number of aromatic nitrogens is 4. The van der Waals surface area contributed by atoms with Gasteiger partial charge in [-0.05, 0) is 24.3 Å². The summed E-state index contributed by atoms with van der Waals surface area (Å²) in [5.74, 6) is -0.483. The lowest BCUT2D eigenvalue weighted by molar-refractivity contribution is 0.0690. The van der Waals surface area contributed by atoms with E-state index in [0.717, 1.165) is 16.8 Å². The van der Waals surface area contributed by atoms with E-state index in [4.69, 9.17) is 0 Å². The van der Waals surface area contributed by atoms with Crippen LogP contribution in [0.25, 0.3) is 16.6 Å². The molecule has 2 N–H and O–H groups in total. The van der Waals surface area contributed by atoms with Crippen molar-refractivity contribution in [2.24, 2.45) is 0 Å². The topological polar surface area (TPSA) is 95.7 Å². The van der Waals surface area contributed by atoms with E-state index in [9.17, 15) is 9.90 Å². The first-order valence-corrected chi connectivity index (χ1v) is 7.94. The fraction of sp³-hybridized carbons (Fsp3) is 0.111. The fourth-order valence-electron chi connectivity index (χ4n) is 2.76. The number of carbonyl (C=O) groups is 1. The molecule has 0 spiro atoms. The van der Waals surface area contributed by atoms with Crippen LogP contribution < -0.4 is 10.2 Å². The number of nitrogens with one attached hydrogen (secondary N) is 1. The van der Waals surface area contributed by atoms with Crippen LogP contribution in [0.15, 0.2) is 48.8 Å². The van der Waals surface area contributed by atoms with Crippen molar-refractivity contribution in [3.63, 3.8) is 0 Å². The molecule has 1 aromatic carbocycles. The maximum atomic E-state index is 11.2. The summed E-state index contributed by atoms with van der Waals surface area (Å²) in [4.78, 5) is 22.0. The number of carboxylic acid groups (broad SMARTS) is 1. The van der Waals surface area contributed by atoms with Crippen LogP contribution in [0.4, 0.5) is 17.2 Å². The maximum absolute atomic E-state index is 11.2. The number of hydrogen-bond donors (Lipinski definition) is 2. The monoisotopic (exact) mass is 348 g/mol. The van der Waals surface area contributed by atoms with Gasteiger partial charge in [0, 0.05) is 43.1 Å². The number of carboxylic acids is 1. The van der Waals surface area contributed by atoms with Gasteiger partial charge in [-0.25, -0.2) is 14.3 Å². The molecule has 3 aromatic heterocycles. The zero-order valence-electron chi connectivity index (χ0n) is 14.2. The third-order valence-corrected chi connectivity index (χ3v) is 4.04. The summed E-state index contributed by atoms with van der Waals surface area (Å²) in [7, 11) is 3.95. The lowest BCUT2D eigenvalue weighted by Crippen LogP contribution is -2.08. The zero-order chi connectivity index (χ0) is 18.3. The van der Waals surface area contributed by atoms with Crippen LogP contribution in [0.5, 0.6) is 0 Å². The molecule has 8 nitrogen and oxygen atoms in total. The van der Waals surface area contributed by atoms with E-state index in [1.54, 1.807) is 12.4 Å². The Morgan fingerprint density at radius 3 is 2.85 bits per heavy atom. The summed E-state index contributed by atoms with van der Waals surface area (Å²) < 4.78 is 1.49. The summed E-state index contributed by atoms with van der Waals surface area (Å²) in [5.41, 5.74) is 2.99. The van der Waals surface area contributed by atoms with Gasteiger partial charge in [0.25, 0.3) is 0 Å². The highest BCUT2D eigenvalue weighted by Crippen LogP contribution is 2.27. The Hall–Kier alpha value is -3.68. The van der Waals surface area contributed by atoms with Gasteiger partial charge in [-0.1, -0.05) is 6.07 Å². The molecule has 0 radical (unpaired) electrons. The van der Waals surface area contributed by atoms with Crippen LogP contribution in [-0.2, 0) is 0 Å². The molecule has 4 aromatic rings. The largest absolute Gasteiger partial charge is 0.476 e. The molecule has 0 saturated carbocycles. The first-order chi connectivity index (χ1) is 12.5. The van der Waals surface area contributed by atoms with E-state index in [0.29, 0.717) is 17.0 Å². The zero-order valence-corrected chi connectivity index (χ0v) is 14.2. The highest BCUT2D eigenvalue weighted by molar-refractivity contribution is 5.94. The Morgan fingerprint density at radius 1 is 1.23 bits per heavy atom. The van der Waals surface area contributed by atoms with Crippen molar-refractivity contribution in [3.8, 4) is 0 Å². The molecule has 3 heterocycles. The van der Waals surface area contributed by atoms with Gasteiger partial charge in [-0.2, -0.15) is 5.10 Å². The van der Waals surface area contributed by atoms with Crippen LogP contribution in [0.1, 0.15) is 10.5 Å². The predicted octanol–water partition coefficient (Wildman–Crippen LogP) is 2.79. The van der Waals surface area contributed by atoms with Crippen molar-refractivity contribution in [1.29, 1.82) is 0 Å². The molecule has 0 aliphatic rings. The Morgan fingerprint density at radius 2 is 2.08 bits per heavy atom. The van der Waals surface area contributed by atoms with Gasteiger partial charge in [0.05, 0.1) is 11.7 Å². The van der Waals surface area contributed by atoms with Gasteiger partial charge in [0.15, 0.2) is 11.3 Å². The number of benzene rings is 1. The quantitative estimate of drug-likeness (QED) is 0.585. The second-order valence-corrected chi connectivity index (χ2v) is 6.03. The minimum absolute atomic E-state index is 0.0607. The number of pyridine rings is 1. The average molecular weight is 348 g/mol. The van der Waals surface area contributed by atoms with Crippen LogP contribution in [-0.4, -0.2) is 44.8 Å². The molecule has 0 aliphatic heterocycles. The minimum Gasteiger partial charge on any atom is -0.476 e. The molecule has 0 amide bonds. The third-order valence-electron chi connectivity index (χ3n) is 4.04. The van der Waals surface area contributed by atoms with Gasteiger partial charge in [0.1, 0.15) is 5.82 Å². The maximum Gasteiger partial charge on any atom is 0.356 e. The molecule has 0 unspecified atom stereocenters. The Balaban J connectivity index is 1.88. The van der Waals surface area contributed by atoms with E-state index in [1.165, 1.54) is 10.6 Å². The summed E-state index contributed by atoms with van der Waals surface area (Å²) in [6.07, 6.45) is 3.31. The number of aromatic carboxylic acids is 1. The lowest BCUT2D eigenvalue weighted by atomic mass is 10.2. The van der Waals surface area contributed by atoms with Crippen molar-refractivity contribution in [1.82, 2.24) is 19.6 Å². The van der Waals surface area contributed by atoms with Gasteiger partial charge >= 0.3 is 5.97 Å². The normalized spacial score (nSPS) is 11.0. The van der Waals surface area contributed by atoms with E-state index < -0.39 is 5.97 Å². The van der Waals surface area contributed by atoms with Crippen LogP contribution >= 0.6 is 0 Å². The molecule has 0 aliphatic carbocycles. The molecule has 130 valence electrons. The van der Waals surface area contributed by atoms with Crippen molar-refractivity contribution in [2.45, 2.75) is 0 Å². The highest BCUT2D eigenvalue weighted by Gasteiger charge is 2.15. The van der Waals surface area contributed by atoms with Crippen LogP contribution in [0.2, 0.25) is 0 Å². The summed E-state index contributed by atoms with van der Waals surface area (Å²) in [6.45, 7) is 0.